The van der Waals surface area contributed by atoms with Gasteiger partial charge in [-0.15, -0.1) is 0 Å². The maximum atomic E-state index is 12.6. The molecular weight excluding hydrogens is 1080 g/mol. The van der Waals surface area contributed by atoms with E-state index in [1.54, 1.807) is 29.2 Å². The first-order valence-electron chi connectivity index (χ1n) is 26.4. The highest BCUT2D eigenvalue weighted by atomic mass is 35.5. The minimum absolute atomic E-state index is 0.0236. The van der Waals surface area contributed by atoms with Gasteiger partial charge in [0.25, 0.3) is 20.0 Å². The van der Waals surface area contributed by atoms with Gasteiger partial charge in [0.15, 0.2) is 10.1 Å². The number of rotatable bonds is 11. The summed E-state index contributed by atoms with van der Waals surface area (Å²) in [6.07, 6.45) is 18.9. The first-order valence-corrected chi connectivity index (χ1v) is 30.6. The highest BCUT2D eigenvalue weighted by Gasteiger charge is 2.34. The molecule has 3 saturated carbocycles. The van der Waals surface area contributed by atoms with E-state index in [0.29, 0.717) is 23.5 Å². The predicted molar refractivity (Wildman–Crippen MR) is 303 cm³/mol. The lowest BCUT2D eigenvalue weighted by Crippen LogP contribution is -2.35. The second-order valence-electron chi connectivity index (χ2n) is 21.1. The fraction of sp³-hybridized carbons (Fsp3) is 0.429. The van der Waals surface area contributed by atoms with Crippen molar-refractivity contribution >= 4 is 84.0 Å². The average Bonchev–Trinajstić information content (AvgIpc) is 4.29. The smallest absolute Gasteiger partial charge is 0.410 e. The van der Waals surface area contributed by atoms with E-state index in [2.05, 4.69) is 31.6 Å². The van der Waals surface area contributed by atoms with E-state index in [0.717, 1.165) is 126 Å². The van der Waals surface area contributed by atoms with E-state index >= 15 is 0 Å². The van der Waals surface area contributed by atoms with Crippen molar-refractivity contribution in [1.29, 1.82) is 0 Å². The first kappa shape index (κ1) is 56.1. The number of hydrogen-bond acceptors (Lipinski definition) is 10. The highest BCUT2D eigenvalue weighted by molar-refractivity contribution is 7.90. The third kappa shape index (κ3) is 13.5. The first-order chi connectivity index (χ1) is 36.7. The number of carbonyl (C=O) groups excluding carboxylic acids is 2. The number of nitrogens with two attached hydrogens (primary N) is 2. The van der Waals surface area contributed by atoms with Crippen LogP contribution in [0.4, 0.5) is 26.7 Å². The van der Waals surface area contributed by atoms with Crippen molar-refractivity contribution in [2.75, 3.05) is 16.4 Å². The van der Waals surface area contributed by atoms with Crippen LogP contribution >= 0.6 is 34.8 Å². The number of para-hydroxylation sites is 1. The summed E-state index contributed by atoms with van der Waals surface area (Å²) in [5.41, 5.74) is 19.5. The number of carbonyl (C=O) groups is 2. The Morgan fingerprint density at radius 2 is 1.01 bits per heavy atom. The second-order valence-corrected chi connectivity index (χ2v) is 25.5. The van der Waals surface area contributed by atoms with Gasteiger partial charge in [0, 0.05) is 50.9 Å². The molecule has 6 aliphatic carbocycles. The minimum atomic E-state index is -4.05. The number of nitrogen functional groups attached to an aromatic ring is 1. The van der Waals surface area contributed by atoms with Crippen LogP contribution in [0.3, 0.4) is 0 Å². The molecular formula is C56H66Cl3N9O7S2. The molecule has 0 spiro atoms. The molecule has 6 aliphatic rings. The molecule has 16 nitrogen and oxygen atoms in total. The molecule has 12 rings (SSSR count). The largest absolute Gasteiger partial charge is 0.417 e. The summed E-state index contributed by atoms with van der Waals surface area (Å²) >= 11 is 19.1. The number of urea groups is 1. The van der Waals surface area contributed by atoms with Crippen molar-refractivity contribution in [3.63, 3.8) is 0 Å². The zero-order valence-electron chi connectivity index (χ0n) is 43.7. The molecule has 3 fully saturated rings. The maximum Gasteiger partial charge on any atom is 0.417 e. The number of primary sulfonamides is 1. The van der Waals surface area contributed by atoms with Gasteiger partial charge in [-0.25, -0.2) is 27.9 Å². The number of hydrogen-bond donors (Lipinski definition) is 5. The molecule has 410 valence electrons. The van der Waals surface area contributed by atoms with Gasteiger partial charge in [-0.1, -0.05) is 53.0 Å². The number of amides is 3. The number of nitrogens with zero attached hydrogens (tertiary/aromatic N) is 4. The van der Waals surface area contributed by atoms with E-state index < -0.39 is 32.2 Å². The van der Waals surface area contributed by atoms with E-state index in [9.17, 15) is 26.4 Å². The Morgan fingerprint density at radius 3 is 1.47 bits per heavy atom. The third-order valence-corrected chi connectivity index (χ3v) is 17.7. The van der Waals surface area contributed by atoms with Crippen molar-refractivity contribution < 1.29 is 31.2 Å². The second kappa shape index (κ2) is 23.4. The molecule has 6 aromatic rings. The Kier molecular flexibility index (Phi) is 17.0. The number of halogens is 3. The van der Waals surface area contributed by atoms with Crippen LogP contribution in [0.2, 0.25) is 15.1 Å². The van der Waals surface area contributed by atoms with Gasteiger partial charge >= 0.3 is 12.1 Å². The van der Waals surface area contributed by atoms with Crippen LogP contribution in [0.15, 0.2) is 83.1 Å². The van der Waals surface area contributed by atoms with Gasteiger partial charge in [-0.2, -0.15) is 18.6 Å². The molecule has 0 bridgehead atoms. The van der Waals surface area contributed by atoms with E-state index in [1.807, 2.05) is 58.0 Å². The topological polar surface area (TPSA) is 235 Å². The number of ether oxygens (including phenoxy) is 1. The molecule has 2 aromatic heterocycles. The van der Waals surface area contributed by atoms with E-state index in [-0.39, 0.29) is 22.1 Å². The molecule has 7 N–H and O–H groups in total. The number of aromatic nitrogens is 4. The van der Waals surface area contributed by atoms with Gasteiger partial charge in [0.2, 0.25) is 0 Å². The predicted octanol–water partition coefficient (Wildman–Crippen LogP) is 12.7. The van der Waals surface area contributed by atoms with Crippen LogP contribution in [-0.2, 0) is 58.6 Å². The normalized spacial score (nSPS) is 16.2. The zero-order chi connectivity index (χ0) is 54.9. The fourth-order valence-electron chi connectivity index (χ4n) is 10.3. The Hall–Kier alpha value is -5.63. The molecule has 21 heteroatoms. The SMILES string of the molecule is CC(C)n1ccc(S(=O)(=O)NC(=O)Nc2c(C3CC3)cc(Cl)c3c2CCC3)n1.CC(C)n1ccc(S(N)(=O)=O)n1.Nc1c(C2CC2)cc(Cl)c2c1CCC2.O=C(Nc1c(C2CC2)cc(Cl)c2c1CCC2)Oc1ccccc1. The van der Waals surface area contributed by atoms with E-state index in [1.165, 1.54) is 69.5 Å². The lowest BCUT2D eigenvalue weighted by atomic mass is 9.99. The minimum Gasteiger partial charge on any atom is -0.410 e. The van der Waals surface area contributed by atoms with Gasteiger partial charge < -0.3 is 15.8 Å². The molecule has 77 heavy (non-hydrogen) atoms. The van der Waals surface area contributed by atoms with Gasteiger partial charge in [-0.05, 0) is 234 Å². The lowest BCUT2D eigenvalue weighted by Gasteiger charge is -2.17. The maximum absolute atomic E-state index is 12.6. The Bertz CT molecular complexity index is 3430. The van der Waals surface area contributed by atoms with Gasteiger partial charge in [0.05, 0.1) is 5.69 Å². The van der Waals surface area contributed by atoms with Gasteiger partial charge in [0.1, 0.15) is 5.75 Å². The van der Waals surface area contributed by atoms with E-state index in [4.69, 9.17) is 50.4 Å². The van der Waals surface area contributed by atoms with Crippen molar-refractivity contribution in [1.82, 2.24) is 24.3 Å². The van der Waals surface area contributed by atoms with Crippen LogP contribution in [0.5, 0.6) is 5.75 Å². The van der Waals surface area contributed by atoms with Crippen LogP contribution in [-0.4, -0.2) is 48.5 Å². The van der Waals surface area contributed by atoms with Crippen molar-refractivity contribution in [2.24, 2.45) is 5.14 Å². The summed E-state index contributed by atoms with van der Waals surface area (Å²) < 4.78 is 57.1. The highest BCUT2D eigenvalue weighted by Crippen LogP contribution is 2.50. The number of nitrogens with one attached hydrogen (secondary N) is 3. The van der Waals surface area contributed by atoms with Crippen LogP contribution < -0.4 is 31.0 Å². The molecule has 0 atom stereocenters. The summed E-state index contributed by atoms with van der Waals surface area (Å²) in [4.78, 5) is 24.8. The molecule has 0 unspecified atom stereocenters. The van der Waals surface area contributed by atoms with Crippen molar-refractivity contribution in [3.8, 4) is 5.75 Å². The Balaban J connectivity index is 0.000000132. The molecule has 4 aromatic carbocycles. The number of sulfonamides is 2. The Morgan fingerprint density at radius 1 is 0.597 bits per heavy atom. The summed E-state index contributed by atoms with van der Waals surface area (Å²) in [7, 11) is -7.70. The number of fused-ring (bicyclic) bond motifs is 3. The quantitative estimate of drug-likeness (QED) is 0.0770. The average molecular weight is 1150 g/mol. The third-order valence-electron chi connectivity index (χ3n) is 14.7. The molecule has 0 aliphatic heterocycles. The van der Waals surface area contributed by atoms with Crippen LogP contribution in [0, 0.1) is 0 Å². The van der Waals surface area contributed by atoms with Gasteiger partial charge in [-0.3, -0.25) is 14.7 Å². The fourth-order valence-corrected chi connectivity index (χ4v) is 12.6. The lowest BCUT2D eigenvalue weighted by molar-refractivity contribution is 0.215. The van der Waals surface area contributed by atoms with Crippen LogP contribution in [0.1, 0.15) is 165 Å². The summed E-state index contributed by atoms with van der Waals surface area (Å²) in [6.45, 7) is 7.59. The van der Waals surface area contributed by atoms with Crippen molar-refractivity contribution in [2.45, 2.75) is 164 Å². The summed E-state index contributed by atoms with van der Waals surface area (Å²) in [6, 6.07) is 17.4. The molecule has 0 radical (unpaired) electrons. The number of anilines is 3. The molecule has 3 amide bonds. The van der Waals surface area contributed by atoms with Crippen molar-refractivity contribution in [3.05, 3.63) is 138 Å². The Labute approximate surface area is 466 Å². The summed E-state index contributed by atoms with van der Waals surface area (Å²) in [5.74, 6) is 2.14. The molecule has 0 saturated heterocycles. The monoisotopic (exact) mass is 1150 g/mol. The zero-order valence-corrected chi connectivity index (χ0v) is 47.6. The summed E-state index contributed by atoms with van der Waals surface area (Å²) in [5, 5.41) is 20.7. The van der Waals surface area contributed by atoms with Crippen LogP contribution in [0.25, 0.3) is 0 Å². The number of benzene rings is 4. The standard InChI is InChI=1S/C19H23ClN4O3S.C19H18ClNO2.C12H14ClN.C6H11N3O2S/c1-11(2)24-9-8-17(22-24)28(26,27)23-19(25)21-18-14-5-3-4-13(14)16(20)10-15(18)12-6-7-12;20-17-11-16(12-9-10-12)18(15-8-4-7-14(15)17)21-19(22)23-13-5-2-1-3-6-13;13-11-6-10(7-4-5-7)12(14)9-3-1-2-8(9)11;1-5(2)9-4-3-6(8-9)12(7,10)11/h8-12H,3-7H2,1-2H3,(H2,21,23,25);1-3,5-6,11-12H,4,7-10H2,(H,21,22);6-7H,1-5,14H2;3-5H,1-2H3,(H2,7,10,11). The molecule has 2 heterocycles.